The smallest absolute Gasteiger partial charge is 0.335 e. The molecule has 2 aromatic carbocycles. The molecule has 0 unspecified atom stereocenters. The Bertz CT molecular complexity index is 939. The summed E-state index contributed by atoms with van der Waals surface area (Å²) in [5, 5.41) is 9.19. The molecule has 1 aliphatic heterocycles. The number of ether oxygens (including phenoxy) is 2. The summed E-state index contributed by atoms with van der Waals surface area (Å²) in [6, 6.07) is 9.76. The minimum Gasteiger partial charge on any atom is -0.489 e. The van der Waals surface area contributed by atoms with E-state index in [4.69, 9.17) is 26.2 Å². The van der Waals surface area contributed by atoms with Crippen LogP contribution in [0.15, 0.2) is 47.4 Å². The number of carboxylic acid groups (broad SMARTS) is 1. The molecule has 0 aromatic heterocycles. The average Bonchev–Trinajstić information content (AvgIpc) is 2.68. The van der Waals surface area contributed by atoms with E-state index in [1.165, 1.54) is 36.4 Å². The van der Waals surface area contributed by atoms with Gasteiger partial charge in [-0.25, -0.2) is 13.2 Å². The van der Waals surface area contributed by atoms with Gasteiger partial charge in [0.25, 0.3) is 10.0 Å². The topological polar surface area (TPSA) is 102 Å². The second-order valence-electron chi connectivity index (χ2n) is 6.38. The number of benzene rings is 2. The molecular weight excluding hydrogens is 406 g/mol. The fourth-order valence-corrected chi connectivity index (χ4v) is 4.29. The maximum atomic E-state index is 12.8. The highest BCUT2D eigenvalue weighted by atomic mass is 35.5. The molecule has 1 aliphatic rings. The Hall–Kier alpha value is -2.29. The Kier molecular flexibility index (Phi) is 6.43. The van der Waals surface area contributed by atoms with E-state index < -0.39 is 16.0 Å². The van der Waals surface area contributed by atoms with Crippen molar-refractivity contribution in [1.29, 1.82) is 0 Å². The molecule has 0 spiro atoms. The summed E-state index contributed by atoms with van der Waals surface area (Å²) in [5.41, 5.74) is 0.286. The molecule has 0 amide bonds. The van der Waals surface area contributed by atoms with Crippen LogP contribution in [-0.4, -0.2) is 38.8 Å². The molecule has 28 heavy (non-hydrogen) atoms. The molecule has 2 aromatic rings. The summed E-state index contributed by atoms with van der Waals surface area (Å²) in [7, 11) is -4.00. The summed E-state index contributed by atoms with van der Waals surface area (Å²) >= 11 is 5.99. The average molecular weight is 426 g/mol. The fraction of sp³-hybridized carbons (Fsp3) is 0.316. The Labute approximate surface area is 168 Å². The number of carbonyl (C=O) groups is 1. The van der Waals surface area contributed by atoms with E-state index in [1.807, 2.05) is 0 Å². The number of aromatic carboxylic acids is 1. The Morgan fingerprint density at radius 3 is 2.61 bits per heavy atom. The van der Waals surface area contributed by atoms with E-state index in [0.29, 0.717) is 6.61 Å². The zero-order valence-corrected chi connectivity index (χ0v) is 16.5. The van der Waals surface area contributed by atoms with Gasteiger partial charge in [0, 0.05) is 17.3 Å². The third kappa shape index (κ3) is 5.15. The van der Waals surface area contributed by atoms with Gasteiger partial charge in [-0.05, 0) is 61.7 Å². The highest BCUT2D eigenvalue weighted by Gasteiger charge is 2.22. The molecule has 0 saturated carbocycles. The number of sulfonamides is 1. The van der Waals surface area contributed by atoms with Crippen LogP contribution in [0.25, 0.3) is 0 Å². The van der Waals surface area contributed by atoms with Crippen LogP contribution in [0.1, 0.15) is 29.6 Å². The van der Waals surface area contributed by atoms with Crippen molar-refractivity contribution in [3.05, 3.63) is 53.1 Å². The van der Waals surface area contributed by atoms with Crippen molar-refractivity contribution >= 4 is 33.3 Å². The van der Waals surface area contributed by atoms with Crippen molar-refractivity contribution in [2.45, 2.75) is 30.3 Å². The molecule has 2 N–H and O–H groups in total. The number of anilines is 1. The number of hydrogen-bond acceptors (Lipinski definition) is 5. The van der Waals surface area contributed by atoms with Crippen molar-refractivity contribution < 1.29 is 27.8 Å². The summed E-state index contributed by atoms with van der Waals surface area (Å²) in [6.07, 6.45) is 2.86. The van der Waals surface area contributed by atoms with E-state index in [2.05, 4.69) is 4.72 Å². The zero-order chi connectivity index (χ0) is 20.1. The largest absolute Gasteiger partial charge is 0.489 e. The first-order valence-corrected chi connectivity index (χ1v) is 10.6. The second kappa shape index (κ2) is 8.81. The highest BCUT2D eigenvalue weighted by molar-refractivity contribution is 7.92. The van der Waals surface area contributed by atoms with Crippen LogP contribution < -0.4 is 9.46 Å². The Morgan fingerprint density at radius 1 is 1.21 bits per heavy atom. The Balaban J connectivity index is 1.79. The Morgan fingerprint density at radius 2 is 1.96 bits per heavy atom. The molecule has 0 aliphatic carbocycles. The van der Waals surface area contributed by atoms with Crippen LogP contribution in [0.2, 0.25) is 5.02 Å². The lowest BCUT2D eigenvalue weighted by Gasteiger charge is -2.23. The van der Waals surface area contributed by atoms with Crippen molar-refractivity contribution in [2.24, 2.45) is 0 Å². The van der Waals surface area contributed by atoms with Crippen LogP contribution in [0.3, 0.4) is 0 Å². The van der Waals surface area contributed by atoms with Crippen LogP contribution in [0.4, 0.5) is 5.69 Å². The van der Waals surface area contributed by atoms with Crippen LogP contribution >= 0.6 is 11.6 Å². The number of halogens is 1. The number of hydrogen-bond donors (Lipinski definition) is 2. The summed E-state index contributed by atoms with van der Waals surface area (Å²) in [5.74, 6) is -0.918. The highest BCUT2D eigenvalue weighted by Crippen LogP contribution is 2.30. The first-order valence-electron chi connectivity index (χ1n) is 8.75. The molecule has 9 heteroatoms. The van der Waals surface area contributed by atoms with Gasteiger partial charge in [0.05, 0.1) is 11.7 Å². The fourth-order valence-electron chi connectivity index (χ4n) is 2.82. The first kappa shape index (κ1) is 20.4. The van der Waals surface area contributed by atoms with E-state index in [1.54, 1.807) is 6.07 Å². The summed E-state index contributed by atoms with van der Waals surface area (Å²) in [6.45, 7) is 0.922. The standard InChI is InChI=1S/C19H20ClNO6S/c20-14-6-9-17(27-12-16-3-1-2-10-26-16)18(11-14)28(24,25)21-15-7-4-13(5-8-15)19(22)23/h4-9,11,16,21H,1-3,10,12H2,(H,22,23)/t16-/m0/s1. The summed E-state index contributed by atoms with van der Waals surface area (Å²) in [4.78, 5) is 10.8. The minimum absolute atomic E-state index is 0.0576. The lowest BCUT2D eigenvalue weighted by Crippen LogP contribution is -2.26. The van der Waals surface area contributed by atoms with Gasteiger partial charge >= 0.3 is 5.97 Å². The van der Waals surface area contributed by atoms with Crippen LogP contribution in [0, 0.1) is 0 Å². The van der Waals surface area contributed by atoms with E-state index in [9.17, 15) is 13.2 Å². The predicted octanol–water partition coefficient (Wildman–Crippen LogP) is 3.79. The van der Waals surface area contributed by atoms with E-state index in [-0.39, 0.29) is 39.6 Å². The third-order valence-corrected chi connectivity index (χ3v) is 5.92. The van der Waals surface area contributed by atoms with Crippen molar-refractivity contribution in [2.75, 3.05) is 17.9 Å². The molecule has 150 valence electrons. The van der Waals surface area contributed by atoms with Gasteiger partial charge in [-0.15, -0.1) is 0 Å². The van der Waals surface area contributed by atoms with Gasteiger partial charge in [-0.1, -0.05) is 11.6 Å². The van der Waals surface area contributed by atoms with Crippen LogP contribution in [-0.2, 0) is 14.8 Å². The quantitative estimate of drug-likeness (QED) is 0.699. The molecule has 1 heterocycles. The lowest BCUT2D eigenvalue weighted by atomic mass is 10.1. The molecule has 7 nitrogen and oxygen atoms in total. The summed E-state index contributed by atoms with van der Waals surface area (Å²) < 4.78 is 39.4. The van der Waals surface area contributed by atoms with E-state index >= 15 is 0 Å². The SMILES string of the molecule is O=C(O)c1ccc(NS(=O)(=O)c2cc(Cl)ccc2OC[C@@H]2CCCCO2)cc1. The van der Waals surface area contributed by atoms with Gasteiger partial charge in [-0.2, -0.15) is 0 Å². The van der Waals surface area contributed by atoms with E-state index in [0.717, 1.165) is 19.3 Å². The normalized spacial score (nSPS) is 17.1. The molecule has 1 atom stereocenters. The second-order valence-corrected chi connectivity index (χ2v) is 8.47. The van der Waals surface area contributed by atoms with Gasteiger partial charge in [0.1, 0.15) is 17.3 Å². The maximum absolute atomic E-state index is 12.8. The predicted molar refractivity (Wildman–Crippen MR) is 105 cm³/mol. The molecule has 1 saturated heterocycles. The molecular formula is C19H20ClNO6S. The van der Waals surface area contributed by atoms with Gasteiger partial charge in [-0.3, -0.25) is 4.72 Å². The number of rotatable bonds is 7. The minimum atomic E-state index is -4.00. The number of carboxylic acids is 1. The van der Waals surface area contributed by atoms with Gasteiger partial charge in [0.2, 0.25) is 0 Å². The first-order chi connectivity index (χ1) is 13.3. The van der Waals surface area contributed by atoms with Crippen molar-refractivity contribution in [3.63, 3.8) is 0 Å². The monoisotopic (exact) mass is 425 g/mol. The third-order valence-electron chi connectivity index (χ3n) is 4.28. The van der Waals surface area contributed by atoms with Crippen LogP contribution in [0.5, 0.6) is 5.75 Å². The molecule has 0 bridgehead atoms. The number of nitrogens with one attached hydrogen (secondary N) is 1. The maximum Gasteiger partial charge on any atom is 0.335 e. The van der Waals surface area contributed by atoms with Gasteiger partial charge in [0.15, 0.2) is 0 Å². The molecule has 3 rings (SSSR count). The zero-order valence-electron chi connectivity index (χ0n) is 14.9. The van der Waals surface area contributed by atoms with Crippen molar-refractivity contribution in [3.8, 4) is 5.75 Å². The molecule has 1 fully saturated rings. The van der Waals surface area contributed by atoms with Crippen molar-refractivity contribution in [1.82, 2.24) is 0 Å². The van der Waals surface area contributed by atoms with Gasteiger partial charge < -0.3 is 14.6 Å². The lowest BCUT2D eigenvalue weighted by molar-refractivity contribution is -0.0116. The molecule has 0 radical (unpaired) electrons.